The van der Waals surface area contributed by atoms with E-state index in [-0.39, 0.29) is 15.8 Å². The summed E-state index contributed by atoms with van der Waals surface area (Å²) in [5.74, 6) is 0. The molecule has 6 heteroatoms. The smallest absolute Gasteiger partial charge is 0.0975 e. The molecule has 150 valence electrons. The van der Waals surface area contributed by atoms with E-state index >= 15 is 0 Å². The van der Waals surface area contributed by atoms with Gasteiger partial charge in [-0.3, -0.25) is 18.7 Å². The molecule has 0 unspecified atom stereocenters. The molecule has 4 nitrogen and oxygen atoms in total. The van der Waals surface area contributed by atoms with E-state index in [2.05, 4.69) is 18.7 Å². The zero-order valence-electron chi connectivity index (χ0n) is 16.8. The van der Waals surface area contributed by atoms with Crippen molar-refractivity contribution in [3.8, 4) is 0 Å². The Hall–Kier alpha value is 0.700. The summed E-state index contributed by atoms with van der Waals surface area (Å²) in [5, 5.41) is 0. The van der Waals surface area contributed by atoms with Crippen molar-refractivity contribution in [2.75, 3.05) is 52.4 Å². The van der Waals surface area contributed by atoms with Crippen LogP contribution in [0.3, 0.4) is 0 Å². The Labute approximate surface area is 164 Å². The largest absolute Gasteiger partial charge is 0.264 e. The zero-order valence-corrected chi connectivity index (χ0v) is 18.6. The molecule has 0 aromatic rings. The summed E-state index contributed by atoms with van der Waals surface area (Å²) in [5.41, 5.74) is 0. The SMILES string of the molecule is C1CCN(P(N2CCCCC2)P(N2CCCCC2)N2CCCCC2)CC1. The molecule has 0 aromatic carbocycles. The monoisotopic (exact) mass is 398 g/mol. The molecule has 0 amide bonds. The van der Waals surface area contributed by atoms with Crippen LogP contribution in [0.1, 0.15) is 77.0 Å². The summed E-state index contributed by atoms with van der Waals surface area (Å²) in [4.78, 5) is 0. The molecule has 0 radical (unpaired) electrons. The minimum absolute atomic E-state index is 0.123. The van der Waals surface area contributed by atoms with Gasteiger partial charge in [0.25, 0.3) is 0 Å². The van der Waals surface area contributed by atoms with Gasteiger partial charge in [0.15, 0.2) is 0 Å². The van der Waals surface area contributed by atoms with E-state index in [1.807, 2.05) is 0 Å². The minimum Gasteiger partial charge on any atom is -0.264 e. The molecule has 4 heterocycles. The molecular weight excluding hydrogens is 358 g/mol. The third-order valence-corrected chi connectivity index (χ3v) is 14.4. The van der Waals surface area contributed by atoms with E-state index in [0.29, 0.717) is 0 Å². The molecule has 0 atom stereocenters. The predicted molar refractivity (Wildman–Crippen MR) is 116 cm³/mol. The molecule has 4 saturated heterocycles. The first-order valence-corrected chi connectivity index (χ1v) is 14.7. The lowest BCUT2D eigenvalue weighted by molar-refractivity contribution is 0.298. The summed E-state index contributed by atoms with van der Waals surface area (Å²) in [7, 11) is -0.246. The number of hydrogen-bond acceptors (Lipinski definition) is 4. The van der Waals surface area contributed by atoms with Crippen LogP contribution in [0.2, 0.25) is 0 Å². The summed E-state index contributed by atoms with van der Waals surface area (Å²) in [6.07, 6.45) is 17.4. The standard InChI is InChI=1S/C20H40N4P2/c1-5-13-21(14-6-1)25(22-15-7-2-8-16-22)26(23-17-9-3-10-18-23)24-19-11-4-12-20-24/h1-20H2. The molecule has 0 bridgehead atoms. The van der Waals surface area contributed by atoms with Gasteiger partial charge in [-0.2, -0.15) is 0 Å². The van der Waals surface area contributed by atoms with Gasteiger partial charge in [0.05, 0.1) is 15.8 Å². The van der Waals surface area contributed by atoms with E-state index in [0.717, 1.165) is 0 Å². The van der Waals surface area contributed by atoms with Crippen LogP contribution >= 0.6 is 15.8 Å². The molecule has 0 aromatic heterocycles. The Morgan fingerprint density at radius 1 is 0.269 bits per heavy atom. The van der Waals surface area contributed by atoms with Crippen LogP contribution in [0.25, 0.3) is 0 Å². The fourth-order valence-corrected chi connectivity index (χ4v) is 14.1. The minimum atomic E-state index is -0.123. The summed E-state index contributed by atoms with van der Waals surface area (Å²) in [6.45, 7) is 11.0. The highest BCUT2D eigenvalue weighted by Gasteiger charge is 2.41. The molecular formula is C20H40N4P2. The zero-order chi connectivity index (χ0) is 17.6. The number of nitrogens with zero attached hydrogens (tertiary/aromatic N) is 4. The number of piperidine rings is 4. The maximum absolute atomic E-state index is 3.00. The third kappa shape index (κ3) is 5.00. The van der Waals surface area contributed by atoms with E-state index in [9.17, 15) is 0 Å². The third-order valence-electron chi connectivity index (χ3n) is 6.50. The Morgan fingerprint density at radius 2 is 0.462 bits per heavy atom. The predicted octanol–water partition coefficient (Wildman–Crippen LogP) is 5.47. The van der Waals surface area contributed by atoms with Crippen molar-refractivity contribution in [3.05, 3.63) is 0 Å². The lowest BCUT2D eigenvalue weighted by Gasteiger charge is -2.53. The van der Waals surface area contributed by atoms with Crippen LogP contribution in [0.4, 0.5) is 0 Å². The van der Waals surface area contributed by atoms with Crippen molar-refractivity contribution in [2.24, 2.45) is 0 Å². The Balaban J connectivity index is 1.59. The van der Waals surface area contributed by atoms with Crippen LogP contribution in [0.15, 0.2) is 0 Å². The molecule has 0 N–H and O–H groups in total. The summed E-state index contributed by atoms with van der Waals surface area (Å²) < 4.78 is 12.0. The lowest BCUT2D eigenvalue weighted by atomic mass is 10.2. The van der Waals surface area contributed by atoms with Gasteiger partial charge in [0.1, 0.15) is 0 Å². The van der Waals surface area contributed by atoms with Gasteiger partial charge in [-0.15, -0.1) is 0 Å². The van der Waals surface area contributed by atoms with Crippen molar-refractivity contribution < 1.29 is 0 Å². The Morgan fingerprint density at radius 3 is 0.654 bits per heavy atom. The van der Waals surface area contributed by atoms with Crippen molar-refractivity contribution >= 4 is 15.8 Å². The Bertz CT molecular complexity index is 327. The molecule has 0 spiro atoms. The highest BCUT2D eigenvalue weighted by atomic mass is 32.1. The second-order valence-corrected chi connectivity index (χ2v) is 14.1. The van der Waals surface area contributed by atoms with Crippen LogP contribution in [0.5, 0.6) is 0 Å². The van der Waals surface area contributed by atoms with Gasteiger partial charge in [-0.05, 0) is 51.4 Å². The molecule has 4 fully saturated rings. The average Bonchev–Trinajstić information content (AvgIpc) is 2.74. The molecule has 0 aliphatic carbocycles. The van der Waals surface area contributed by atoms with Gasteiger partial charge in [-0.1, -0.05) is 25.7 Å². The van der Waals surface area contributed by atoms with Crippen LogP contribution < -0.4 is 0 Å². The van der Waals surface area contributed by atoms with Crippen molar-refractivity contribution in [1.29, 1.82) is 0 Å². The fraction of sp³-hybridized carbons (Fsp3) is 1.00. The van der Waals surface area contributed by atoms with Gasteiger partial charge >= 0.3 is 0 Å². The lowest BCUT2D eigenvalue weighted by Crippen LogP contribution is -2.41. The fourth-order valence-electron chi connectivity index (χ4n) is 5.03. The van der Waals surface area contributed by atoms with Gasteiger partial charge in [0.2, 0.25) is 0 Å². The number of hydrogen-bond donors (Lipinski definition) is 0. The van der Waals surface area contributed by atoms with E-state index in [4.69, 9.17) is 0 Å². The number of rotatable bonds is 5. The van der Waals surface area contributed by atoms with Gasteiger partial charge in [-0.25, -0.2) is 0 Å². The summed E-state index contributed by atoms with van der Waals surface area (Å²) in [6, 6.07) is 0. The highest BCUT2D eigenvalue weighted by molar-refractivity contribution is 8.25. The second kappa shape index (κ2) is 10.5. The van der Waals surface area contributed by atoms with Crippen LogP contribution in [0, 0.1) is 0 Å². The molecule has 0 saturated carbocycles. The van der Waals surface area contributed by atoms with Crippen molar-refractivity contribution in [3.63, 3.8) is 0 Å². The van der Waals surface area contributed by atoms with E-state index < -0.39 is 0 Å². The molecule has 4 aliphatic heterocycles. The van der Waals surface area contributed by atoms with E-state index in [1.165, 1.54) is 129 Å². The first-order chi connectivity index (χ1) is 12.9. The van der Waals surface area contributed by atoms with Gasteiger partial charge in [0, 0.05) is 52.4 Å². The maximum atomic E-state index is 3.00. The Kier molecular flexibility index (Phi) is 8.05. The first-order valence-electron chi connectivity index (χ1n) is 11.5. The summed E-state index contributed by atoms with van der Waals surface area (Å²) >= 11 is 0. The normalized spacial score (nSPS) is 28.8. The molecule has 4 rings (SSSR count). The topological polar surface area (TPSA) is 13.0 Å². The quantitative estimate of drug-likeness (QED) is 0.570. The van der Waals surface area contributed by atoms with Gasteiger partial charge < -0.3 is 0 Å². The molecule has 26 heavy (non-hydrogen) atoms. The molecule has 4 aliphatic rings. The second-order valence-electron chi connectivity index (χ2n) is 8.59. The average molecular weight is 399 g/mol. The maximum Gasteiger partial charge on any atom is 0.0975 e. The first kappa shape index (κ1) is 20.0. The van der Waals surface area contributed by atoms with Crippen molar-refractivity contribution in [2.45, 2.75) is 77.0 Å². The highest BCUT2D eigenvalue weighted by Crippen LogP contribution is 2.76. The van der Waals surface area contributed by atoms with E-state index in [1.54, 1.807) is 0 Å². The van der Waals surface area contributed by atoms with Crippen LogP contribution in [-0.2, 0) is 0 Å². The van der Waals surface area contributed by atoms with Crippen LogP contribution in [-0.4, -0.2) is 71.0 Å². The van der Waals surface area contributed by atoms with Crippen molar-refractivity contribution in [1.82, 2.24) is 18.7 Å².